The predicted octanol–water partition coefficient (Wildman–Crippen LogP) is 3.22. The Morgan fingerprint density at radius 1 is 1.38 bits per heavy atom. The van der Waals surface area contributed by atoms with Gasteiger partial charge >= 0.3 is 5.97 Å². The van der Waals surface area contributed by atoms with E-state index in [1.54, 1.807) is 0 Å². The molecular formula is C15H15ClFNO3. The van der Waals surface area contributed by atoms with E-state index >= 15 is 0 Å². The quantitative estimate of drug-likeness (QED) is 0.897. The van der Waals surface area contributed by atoms with Crippen LogP contribution < -0.4 is 5.32 Å². The summed E-state index contributed by atoms with van der Waals surface area (Å²) in [5, 5.41) is 11.6. The summed E-state index contributed by atoms with van der Waals surface area (Å²) in [7, 11) is 0. The topological polar surface area (TPSA) is 66.4 Å². The third-order valence-corrected chi connectivity index (χ3v) is 3.87. The molecule has 6 heteroatoms. The van der Waals surface area contributed by atoms with Crippen molar-refractivity contribution in [3.63, 3.8) is 0 Å². The number of hydrogen-bond donors (Lipinski definition) is 2. The minimum Gasteiger partial charge on any atom is -0.479 e. The van der Waals surface area contributed by atoms with Crippen molar-refractivity contribution in [3.8, 4) is 0 Å². The number of carboxylic acids is 1. The van der Waals surface area contributed by atoms with E-state index in [1.165, 1.54) is 12.1 Å². The van der Waals surface area contributed by atoms with Gasteiger partial charge < -0.3 is 10.4 Å². The maximum atomic E-state index is 13.5. The number of halogens is 2. The highest BCUT2D eigenvalue weighted by molar-refractivity contribution is 6.30. The minimum absolute atomic E-state index is 0.0939. The van der Waals surface area contributed by atoms with E-state index in [0.29, 0.717) is 12.0 Å². The zero-order chi connectivity index (χ0) is 15.6. The van der Waals surface area contributed by atoms with Gasteiger partial charge in [0.1, 0.15) is 5.82 Å². The molecule has 1 unspecified atom stereocenters. The monoisotopic (exact) mass is 311 g/mol. The molecule has 0 aliphatic heterocycles. The summed E-state index contributed by atoms with van der Waals surface area (Å²) in [6.07, 6.45) is 2.37. The fraction of sp³-hybridized carbons (Fsp3) is 0.333. The lowest BCUT2D eigenvalue weighted by atomic mass is 10.1. The van der Waals surface area contributed by atoms with Gasteiger partial charge in [-0.25, -0.2) is 9.18 Å². The number of carboxylic acid groups (broad SMARTS) is 1. The third-order valence-electron chi connectivity index (χ3n) is 3.57. The summed E-state index contributed by atoms with van der Waals surface area (Å²) >= 11 is 5.58. The van der Waals surface area contributed by atoms with Crippen molar-refractivity contribution < 1.29 is 19.1 Å². The number of carbonyl (C=O) groups excluding carboxylic acids is 1. The van der Waals surface area contributed by atoms with Gasteiger partial charge in [0.05, 0.1) is 5.02 Å². The van der Waals surface area contributed by atoms with Gasteiger partial charge in [0, 0.05) is 5.57 Å². The largest absolute Gasteiger partial charge is 0.479 e. The molecule has 1 atom stereocenters. The first-order chi connectivity index (χ1) is 9.90. The Hall–Kier alpha value is -1.88. The second kappa shape index (κ2) is 6.26. The van der Waals surface area contributed by atoms with E-state index in [-0.39, 0.29) is 10.6 Å². The molecule has 0 bridgehead atoms. The smallest absolute Gasteiger partial charge is 0.330 e. The van der Waals surface area contributed by atoms with Crippen molar-refractivity contribution in [2.45, 2.75) is 32.2 Å². The van der Waals surface area contributed by atoms with E-state index in [9.17, 15) is 19.1 Å². The van der Waals surface area contributed by atoms with Crippen molar-refractivity contribution >= 4 is 23.5 Å². The van der Waals surface area contributed by atoms with Crippen LogP contribution in [0.1, 0.15) is 37.8 Å². The number of hydrogen-bond acceptors (Lipinski definition) is 2. The number of rotatable bonds is 4. The van der Waals surface area contributed by atoms with Crippen LogP contribution in [0.4, 0.5) is 4.39 Å². The highest BCUT2D eigenvalue weighted by Gasteiger charge is 2.26. The van der Waals surface area contributed by atoms with E-state index < -0.39 is 23.7 Å². The molecule has 0 heterocycles. The fourth-order valence-electron chi connectivity index (χ4n) is 2.40. The molecule has 112 valence electrons. The molecule has 0 radical (unpaired) electrons. The Morgan fingerprint density at radius 2 is 2.10 bits per heavy atom. The second-order valence-electron chi connectivity index (χ2n) is 5.03. The van der Waals surface area contributed by atoms with E-state index in [1.807, 2.05) is 6.92 Å². The van der Waals surface area contributed by atoms with Gasteiger partial charge in [-0.2, -0.15) is 0 Å². The van der Waals surface area contributed by atoms with Gasteiger partial charge in [0.15, 0.2) is 6.04 Å². The average molecular weight is 312 g/mol. The molecule has 1 aromatic rings. The number of aliphatic carboxylic acids is 1. The summed E-state index contributed by atoms with van der Waals surface area (Å²) in [6.45, 7) is 1.86. The maximum absolute atomic E-state index is 13.5. The van der Waals surface area contributed by atoms with E-state index in [2.05, 4.69) is 5.32 Å². The normalized spacial score (nSPS) is 16.0. The van der Waals surface area contributed by atoms with Crippen LogP contribution in [0, 0.1) is 5.82 Å². The van der Waals surface area contributed by atoms with Gasteiger partial charge in [-0.3, -0.25) is 4.79 Å². The molecule has 21 heavy (non-hydrogen) atoms. The Kier molecular flexibility index (Phi) is 4.63. The summed E-state index contributed by atoms with van der Waals surface area (Å²) in [5.74, 6) is -2.37. The van der Waals surface area contributed by atoms with Crippen LogP contribution in [-0.4, -0.2) is 17.0 Å². The zero-order valence-electron chi connectivity index (χ0n) is 11.5. The molecule has 0 spiro atoms. The number of carbonyl (C=O) groups is 2. The molecule has 0 fully saturated rings. The van der Waals surface area contributed by atoms with Crippen molar-refractivity contribution in [3.05, 3.63) is 45.7 Å². The lowest BCUT2D eigenvalue weighted by Crippen LogP contribution is -2.34. The minimum atomic E-state index is -1.30. The van der Waals surface area contributed by atoms with Gasteiger partial charge in [0.2, 0.25) is 5.91 Å². The molecule has 1 aliphatic rings. The van der Waals surface area contributed by atoms with Gasteiger partial charge in [0.25, 0.3) is 0 Å². The zero-order valence-corrected chi connectivity index (χ0v) is 12.2. The summed E-state index contributed by atoms with van der Waals surface area (Å²) in [5.41, 5.74) is 1.74. The van der Waals surface area contributed by atoms with Crippen LogP contribution in [0.3, 0.4) is 0 Å². The molecule has 0 saturated carbocycles. The Labute approximate surface area is 126 Å². The van der Waals surface area contributed by atoms with E-state index in [0.717, 1.165) is 24.5 Å². The maximum Gasteiger partial charge on any atom is 0.330 e. The molecule has 1 aromatic carbocycles. The average Bonchev–Trinajstić information content (AvgIpc) is 2.85. The first-order valence-electron chi connectivity index (χ1n) is 6.57. The van der Waals surface area contributed by atoms with Crippen LogP contribution in [0.15, 0.2) is 29.3 Å². The fourth-order valence-corrected chi connectivity index (χ4v) is 2.52. The van der Waals surface area contributed by atoms with Crippen LogP contribution in [-0.2, 0) is 9.59 Å². The summed E-state index contributed by atoms with van der Waals surface area (Å²) < 4.78 is 13.5. The van der Waals surface area contributed by atoms with E-state index in [4.69, 9.17) is 11.6 Å². The highest BCUT2D eigenvalue weighted by Crippen LogP contribution is 2.27. The summed E-state index contributed by atoms with van der Waals surface area (Å²) in [4.78, 5) is 23.5. The predicted molar refractivity (Wildman–Crippen MR) is 76.5 cm³/mol. The lowest BCUT2D eigenvalue weighted by Gasteiger charge is -2.16. The van der Waals surface area contributed by atoms with Crippen LogP contribution in [0.2, 0.25) is 5.02 Å². The molecule has 0 saturated heterocycles. The van der Waals surface area contributed by atoms with Crippen LogP contribution in [0.5, 0.6) is 0 Å². The number of benzene rings is 1. The number of nitrogens with one attached hydrogen (secondary N) is 1. The standard InChI is InChI=1S/C15H15ClFNO3/c1-8-3-2-4-10(8)14(19)18-13(15(20)21)9-5-6-11(16)12(17)7-9/h5-7,13H,2-4H2,1H3,(H,18,19)(H,20,21). The van der Waals surface area contributed by atoms with Gasteiger partial charge in [-0.1, -0.05) is 23.2 Å². The van der Waals surface area contributed by atoms with Crippen LogP contribution in [0.25, 0.3) is 0 Å². The Morgan fingerprint density at radius 3 is 2.62 bits per heavy atom. The van der Waals surface area contributed by atoms with Gasteiger partial charge in [-0.05, 0) is 43.9 Å². The van der Waals surface area contributed by atoms with Crippen molar-refractivity contribution in [2.75, 3.05) is 0 Å². The third kappa shape index (κ3) is 3.42. The molecule has 1 amide bonds. The number of allylic oxidation sites excluding steroid dienone is 1. The molecule has 1 aliphatic carbocycles. The van der Waals surface area contributed by atoms with Crippen molar-refractivity contribution in [1.29, 1.82) is 0 Å². The Balaban J connectivity index is 2.24. The summed E-state index contributed by atoms with van der Waals surface area (Å²) in [6, 6.07) is 2.39. The Bertz CT molecular complexity index is 627. The molecule has 2 rings (SSSR count). The van der Waals surface area contributed by atoms with Gasteiger partial charge in [-0.15, -0.1) is 0 Å². The second-order valence-corrected chi connectivity index (χ2v) is 5.44. The first kappa shape index (κ1) is 15.5. The first-order valence-corrected chi connectivity index (χ1v) is 6.95. The molecular weight excluding hydrogens is 297 g/mol. The molecule has 4 nitrogen and oxygen atoms in total. The van der Waals surface area contributed by atoms with Crippen LogP contribution >= 0.6 is 11.6 Å². The lowest BCUT2D eigenvalue weighted by molar-refractivity contribution is -0.141. The number of amides is 1. The molecule has 0 aromatic heterocycles. The van der Waals surface area contributed by atoms with Crippen molar-refractivity contribution in [1.82, 2.24) is 5.32 Å². The highest BCUT2D eigenvalue weighted by atomic mass is 35.5. The molecule has 2 N–H and O–H groups in total. The SMILES string of the molecule is CC1=C(C(=O)NC(C(=O)O)c2ccc(Cl)c(F)c2)CCC1. The van der Waals surface area contributed by atoms with Crippen molar-refractivity contribution in [2.24, 2.45) is 0 Å².